The number of hydrogen-bond acceptors (Lipinski definition) is 8. The lowest BCUT2D eigenvalue weighted by Gasteiger charge is -2.45. The first-order chi connectivity index (χ1) is 10.1. The number of carbonyl (C=O) groups is 3. The molecule has 0 aliphatic carbocycles. The van der Waals surface area contributed by atoms with E-state index in [1.807, 2.05) is 0 Å². The summed E-state index contributed by atoms with van der Waals surface area (Å²) in [5.41, 5.74) is 0. The second-order valence-electron chi connectivity index (χ2n) is 4.61. The maximum atomic E-state index is 11.3. The van der Waals surface area contributed by atoms with Gasteiger partial charge >= 0.3 is 17.9 Å². The van der Waals surface area contributed by atoms with Gasteiger partial charge in [-0.25, -0.2) is 0 Å². The largest absolute Gasteiger partial charge is 0.463 e. The minimum absolute atomic E-state index is 0.280. The molecule has 0 radical (unpaired) electrons. The molecular formula is C12H16Br2O8. The van der Waals surface area contributed by atoms with Crippen LogP contribution in [0.1, 0.15) is 20.8 Å². The monoisotopic (exact) mass is 446 g/mol. The molecule has 0 saturated carbocycles. The zero-order valence-corrected chi connectivity index (χ0v) is 15.2. The van der Waals surface area contributed by atoms with Gasteiger partial charge in [0.25, 0.3) is 0 Å². The van der Waals surface area contributed by atoms with Gasteiger partial charge in [0.1, 0.15) is 12.7 Å². The van der Waals surface area contributed by atoms with E-state index in [2.05, 4.69) is 31.9 Å². The highest BCUT2D eigenvalue weighted by Gasteiger charge is 2.57. The summed E-state index contributed by atoms with van der Waals surface area (Å²) in [4.78, 5) is 33.5. The Labute approximate surface area is 143 Å². The highest BCUT2D eigenvalue weighted by Crippen LogP contribution is 2.44. The average molecular weight is 448 g/mol. The molecule has 0 aromatic heterocycles. The number of carbonyl (C=O) groups excluding carboxylic acids is 3. The first-order valence-corrected chi connectivity index (χ1v) is 7.83. The van der Waals surface area contributed by atoms with Crippen molar-refractivity contribution in [1.29, 1.82) is 0 Å². The second kappa shape index (κ2) is 7.71. The van der Waals surface area contributed by atoms with Crippen molar-refractivity contribution in [2.45, 2.75) is 48.6 Å². The standard InChI is InChI=1S/C12H16Br2O8/c1-5(15)19-4-8-9(20-6(2)16)10(21-7(3)17)12(13,14)11(18)22-8/h8-11,18H,4H2,1-3H3/t8-,9-,10+,11?/m1/s1. The van der Waals surface area contributed by atoms with Crippen molar-refractivity contribution in [2.75, 3.05) is 6.61 Å². The summed E-state index contributed by atoms with van der Waals surface area (Å²) in [6.45, 7) is 3.26. The maximum absolute atomic E-state index is 11.3. The highest BCUT2D eigenvalue weighted by molar-refractivity contribution is 9.25. The predicted octanol–water partition coefficient (Wildman–Crippen LogP) is 0.616. The number of hydrogen-bond donors (Lipinski definition) is 1. The number of aliphatic hydroxyl groups is 1. The van der Waals surface area contributed by atoms with Crippen LogP contribution in [-0.4, -0.2) is 57.5 Å². The fourth-order valence-electron chi connectivity index (χ4n) is 1.88. The van der Waals surface area contributed by atoms with Crippen LogP contribution in [0, 0.1) is 0 Å². The van der Waals surface area contributed by atoms with Crippen molar-refractivity contribution in [2.24, 2.45) is 0 Å². The first-order valence-electron chi connectivity index (χ1n) is 6.24. The van der Waals surface area contributed by atoms with Gasteiger partial charge in [0, 0.05) is 20.8 Å². The summed E-state index contributed by atoms with van der Waals surface area (Å²) in [6.07, 6.45) is -4.67. The normalized spacial score (nSPS) is 30.3. The van der Waals surface area contributed by atoms with Crippen molar-refractivity contribution >= 4 is 49.8 Å². The predicted molar refractivity (Wildman–Crippen MR) is 79.2 cm³/mol. The van der Waals surface area contributed by atoms with Crippen molar-refractivity contribution in [3.8, 4) is 0 Å². The lowest BCUT2D eigenvalue weighted by atomic mass is 10.0. The van der Waals surface area contributed by atoms with Crippen LogP contribution >= 0.6 is 31.9 Å². The van der Waals surface area contributed by atoms with Crippen molar-refractivity contribution in [3.05, 3.63) is 0 Å². The molecule has 1 fully saturated rings. The van der Waals surface area contributed by atoms with E-state index in [0.717, 1.165) is 0 Å². The summed E-state index contributed by atoms with van der Waals surface area (Å²) in [7, 11) is 0. The fourth-order valence-corrected chi connectivity index (χ4v) is 2.80. The Balaban J connectivity index is 3.07. The van der Waals surface area contributed by atoms with Gasteiger partial charge in [0.15, 0.2) is 21.7 Å². The first kappa shape index (κ1) is 19.3. The molecule has 0 amide bonds. The molecule has 1 saturated heterocycles. The minimum atomic E-state index is -1.45. The van der Waals surface area contributed by atoms with Crippen molar-refractivity contribution in [3.63, 3.8) is 0 Å². The number of alkyl halides is 2. The molecule has 1 unspecified atom stereocenters. The van der Waals surface area contributed by atoms with Gasteiger partial charge in [-0.3, -0.25) is 14.4 Å². The summed E-state index contributed by atoms with van der Waals surface area (Å²) in [6, 6.07) is 0. The Morgan fingerprint density at radius 3 is 2.09 bits per heavy atom. The summed E-state index contributed by atoms with van der Waals surface area (Å²) in [5, 5.41) is 10.0. The van der Waals surface area contributed by atoms with E-state index in [-0.39, 0.29) is 6.61 Å². The van der Waals surface area contributed by atoms with Gasteiger partial charge in [-0.05, 0) is 0 Å². The molecule has 10 heteroatoms. The van der Waals surface area contributed by atoms with Crippen LogP contribution in [0.15, 0.2) is 0 Å². The molecule has 1 heterocycles. The fraction of sp³-hybridized carbons (Fsp3) is 0.750. The summed E-state index contributed by atoms with van der Waals surface area (Å²) >= 11 is 6.31. The molecule has 1 aliphatic heterocycles. The lowest BCUT2D eigenvalue weighted by Crippen LogP contribution is -2.63. The van der Waals surface area contributed by atoms with Crippen LogP contribution in [0.3, 0.4) is 0 Å². The highest BCUT2D eigenvalue weighted by atomic mass is 79.9. The van der Waals surface area contributed by atoms with Crippen LogP contribution in [-0.2, 0) is 33.3 Å². The minimum Gasteiger partial charge on any atom is -0.463 e. The van der Waals surface area contributed by atoms with E-state index in [1.54, 1.807) is 0 Å². The molecule has 0 spiro atoms. The van der Waals surface area contributed by atoms with E-state index < -0.39 is 45.7 Å². The van der Waals surface area contributed by atoms with Crippen molar-refractivity contribution < 1.29 is 38.4 Å². The Kier molecular flexibility index (Phi) is 6.78. The molecular weight excluding hydrogens is 432 g/mol. The SMILES string of the molecule is CC(=O)OC[C@H]1OC(O)C(Br)(Br)[C@@H](OC(C)=O)[C@@H]1OC(C)=O. The molecule has 4 atom stereocenters. The molecule has 126 valence electrons. The van der Waals surface area contributed by atoms with Crippen LogP contribution in [0.25, 0.3) is 0 Å². The van der Waals surface area contributed by atoms with Crippen LogP contribution in [0.4, 0.5) is 0 Å². The van der Waals surface area contributed by atoms with E-state index in [9.17, 15) is 19.5 Å². The Bertz CT molecular complexity index is 452. The molecule has 1 aliphatic rings. The zero-order valence-electron chi connectivity index (χ0n) is 12.1. The van der Waals surface area contributed by atoms with Crippen molar-refractivity contribution in [1.82, 2.24) is 0 Å². The number of ether oxygens (including phenoxy) is 4. The molecule has 22 heavy (non-hydrogen) atoms. The van der Waals surface area contributed by atoms with Gasteiger partial charge in [0.2, 0.25) is 0 Å². The van der Waals surface area contributed by atoms with Gasteiger partial charge in [-0.15, -0.1) is 0 Å². The van der Waals surface area contributed by atoms with E-state index in [4.69, 9.17) is 18.9 Å². The molecule has 0 aromatic carbocycles. The third kappa shape index (κ3) is 4.90. The number of rotatable bonds is 4. The lowest BCUT2D eigenvalue weighted by molar-refractivity contribution is -0.252. The third-order valence-electron chi connectivity index (χ3n) is 2.72. The third-order valence-corrected chi connectivity index (χ3v) is 4.41. The maximum Gasteiger partial charge on any atom is 0.303 e. The Morgan fingerprint density at radius 2 is 1.64 bits per heavy atom. The smallest absolute Gasteiger partial charge is 0.303 e. The van der Waals surface area contributed by atoms with E-state index in [0.29, 0.717) is 0 Å². The number of esters is 3. The van der Waals surface area contributed by atoms with Crippen LogP contribution in [0.5, 0.6) is 0 Å². The second-order valence-corrected chi connectivity index (χ2v) is 8.30. The van der Waals surface area contributed by atoms with Crippen LogP contribution < -0.4 is 0 Å². The van der Waals surface area contributed by atoms with Crippen LogP contribution in [0.2, 0.25) is 0 Å². The Hall–Kier alpha value is -0.710. The Morgan fingerprint density at radius 1 is 1.09 bits per heavy atom. The molecule has 0 bridgehead atoms. The van der Waals surface area contributed by atoms with Gasteiger partial charge in [-0.2, -0.15) is 0 Å². The van der Waals surface area contributed by atoms with E-state index in [1.165, 1.54) is 20.8 Å². The topological polar surface area (TPSA) is 108 Å². The molecule has 1 N–H and O–H groups in total. The molecule has 0 aromatic rings. The van der Waals surface area contributed by atoms with Gasteiger partial charge in [-0.1, -0.05) is 31.9 Å². The number of aliphatic hydroxyl groups excluding tert-OH is 1. The number of halogens is 2. The average Bonchev–Trinajstić information content (AvgIpc) is 2.36. The summed E-state index contributed by atoms with van der Waals surface area (Å²) in [5.74, 6) is -1.87. The quantitative estimate of drug-likeness (QED) is 0.379. The van der Waals surface area contributed by atoms with E-state index >= 15 is 0 Å². The molecule has 8 nitrogen and oxygen atoms in total. The zero-order chi connectivity index (χ0) is 17.1. The van der Waals surface area contributed by atoms with Gasteiger partial charge in [0.05, 0.1) is 0 Å². The van der Waals surface area contributed by atoms with Gasteiger partial charge < -0.3 is 24.1 Å². The molecule has 1 rings (SSSR count). The summed E-state index contributed by atoms with van der Waals surface area (Å²) < 4.78 is 19.0.